The molecule has 0 aliphatic carbocycles. The molecular weight excluding hydrogens is 324 g/mol. The van der Waals surface area contributed by atoms with Gasteiger partial charge in [0.25, 0.3) is 0 Å². The first kappa shape index (κ1) is 16.6. The van der Waals surface area contributed by atoms with Crippen LogP contribution in [-0.4, -0.2) is 25.3 Å². The average molecular weight is 342 g/mol. The van der Waals surface area contributed by atoms with E-state index in [4.69, 9.17) is 14.2 Å². The van der Waals surface area contributed by atoms with Crippen LogP contribution in [0.15, 0.2) is 42.5 Å². The van der Waals surface area contributed by atoms with Crippen molar-refractivity contribution in [2.75, 3.05) is 17.0 Å². The Morgan fingerprint density at radius 1 is 1.20 bits per heavy atom. The van der Waals surface area contributed by atoms with E-state index in [0.29, 0.717) is 35.0 Å². The van der Waals surface area contributed by atoms with E-state index in [1.807, 2.05) is 13.8 Å². The molecule has 0 spiro atoms. The molecule has 0 bridgehead atoms. The fraction of sp³-hybridized carbons (Fsp3) is 0.222. The number of hydrogen-bond donors (Lipinski definition) is 1. The number of amides is 3. The standard InChI is InChI=1S/C18H18N2O5/c1-12(2)25-15-5-3-4-13(8-15)19-18(22)20(10-21)14-6-7-16-17(9-14)24-11-23-16/h3-10,12H,11H2,1-2H3,(H,19,22). The molecule has 1 heterocycles. The lowest BCUT2D eigenvalue weighted by molar-refractivity contribution is -0.106. The Kier molecular flexibility index (Phi) is 4.74. The minimum absolute atomic E-state index is 0.0195. The minimum Gasteiger partial charge on any atom is -0.491 e. The Labute approximate surface area is 145 Å². The van der Waals surface area contributed by atoms with Crippen LogP contribution in [0.3, 0.4) is 0 Å². The van der Waals surface area contributed by atoms with Crippen LogP contribution in [0.2, 0.25) is 0 Å². The molecule has 0 aromatic heterocycles. The summed E-state index contributed by atoms with van der Waals surface area (Å²) >= 11 is 0. The Morgan fingerprint density at radius 2 is 2.00 bits per heavy atom. The Balaban J connectivity index is 1.76. The predicted molar refractivity (Wildman–Crippen MR) is 92.3 cm³/mol. The largest absolute Gasteiger partial charge is 0.491 e. The van der Waals surface area contributed by atoms with Gasteiger partial charge >= 0.3 is 6.03 Å². The molecule has 0 fully saturated rings. The molecule has 0 radical (unpaired) electrons. The number of rotatable bonds is 5. The quantitative estimate of drug-likeness (QED) is 0.843. The third-order valence-corrected chi connectivity index (χ3v) is 3.42. The Bertz CT molecular complexity index is 791. The SMILES string of the molecule is CC(C)Oc1cccc(NC(=O)N(C=O)c2ccc3c(c2)OCO3)c1. The van der Waals surface area contributed by atoms with Crippen LogP contribution in [-0.2, 0) is 4.79 Å². The number of fused-ring (bicyclic) bond motifs is 1. The van der Waals surface area contributed by atoms with Gasteiger partial charge in [-0.25, -0.2) is 9.69 Å². The first-order chi connectivity index (χ1) is 12.1. The van der Waals surface area contributed by atoms with E-state index in [2.05, 4.69) is 5.32 Å². The first-order valence-corrected chi connectivity index (χ1v) is 7.78. The highest BCUT2D eigenvalue weighted by molar-refractivity contribution is 6.12. The molecule has 7 nitrogen and oxygen atoms in total. The maximum absolute atomic E-state index is 12.4. The second-order valence-electron chi connectivity index (χ2n) is 5.64. The Hall–Kier alpha value is -3.22. The summed E-state index contributed by atoms with van der Waals surface area (Å²) in [5.41, 5.74) is 0.905. The monoisotopic (exact) mass is 342 g/mol. The van der Waals surface area contributed by atoms with Crippen molar-refractivity contribution in [2.24, 2.45) is 0 Å². The molecule has 25 heavy (non-hydrogen) atoms. The summed E-state index contributed by atoms with van der Waals surface area (Å²) in [6.45, 7) is 3.95. The molecule has 1 aliphatic heterocycles. The second kappa shape index (κ2) is 7.12. The molecule has 3 amide bonds. The van der Waals surface area contributed by atoms with E-state index in [9.17, 15) is 9.59 Å². The second-order valence-corrected chi connectivity index (χ2v) is 5.64. The summed E-state index contributed by atoms with van der Waals surface area (Å²) in [7, 11) is 0. The van der Waals surface area contributed by atoms with E-state index in [-0.39, 0.29) is 12.9 Å². The van der Waals surface area contributed by atoms with Crippen molar-refractivity contribution in [1.29, 1.82) is 0 Å². The maximum Gasteiger partial charge on any atom is 0.332 e. The number of nitrogens with zero attached hydrogens (tertiary/aromatic N) is 1. The van der Waals surface area contributed by atoms with Gasteiger partial charge in [0.2, 0.25) is 13.2 Å². The van der Waals surface area contributed by atoms with Gasteiger partial charge in [-0.15, -0.1) is 0 Å². The van der Waals surface area contributed by atoms with Crippen molar-refractivity contribution in [3.63, 3.8) is 0 Å². The van der Waals surface area contributed by atoms with Crippen LogP contribution in [0.4, 0.5) is 16.2 Å². The van der Waals surface area contributed by atoms with Crippen molar-refractivity contribution >= 4 is 23.8 Å². The lowest BCUT2D eigenvalue weighted by Gasteiger charge is -2.17. The summed E-state index contributed by atoms with van der Waals surface area (Å²) in [6, 6.07) is 11.2. The van der Waals surface area contributed by atoms with Crippen LogP contribution >= 0.6 is 0 Å². The molecule has 0 saturated carbocycles. The highest BCUT2D eigenvalue weighted by Crippen LogP contribution is 2.35. The summed E-state index contributed by atoms with van der Waals surface area (Å²) < 4.78 is 16.1. The van der Waals surface area contributed by atoms with Gasteiger partial charge in [-0.1, -0.05) is 6.07 Å². The molecule has 0 atom stereocenters. The maximum atomic E-state index is 12.4. The van der Waals surface area contributed by atoms with E-state index in [1.165, 1.54) is 0 Å². The van der Waals surface area contributed by atoms with Crippen molar-refractivity contribution < 1.29 is 23.8 Å². The molecule has 2 aromatic rings. The number of carbonyl (C=O) groups excluding carboxylic acids is 2. The molecule has 0 unspecified atom stereocenters. The summed E-state index contributed by atoms with van der Waals surface area (Å²) in [5.74, 6) is 1.70. The number of benzene rings is 2. The number of hydrogen-bond acceptors (Lipinski definition) is 5. The van der Waals surface area contributed by atoms with E-state index in [0.717, 1.165) is 4.90 Å². The number of carbonyl (C=O) groups is 2. The third-order valence-electron chi connectivity index (χ3n) is 3.42. The average Bonchev–Trinajstić information content (AvgIpc) is 3.03. The van der Waals surface area contributed by atoms with E-state index >= 15 is 0 Å². The molecule has 1 N–H and O–H groups in total. The molecule has 3 rings (SSSR count). The molecule has 2 aromatic carbocycles. The molecule has 130 valence electrons. The molecule has 0 saturated heterocycles. The first-order valence-electron chi connectivity index (χ1n) is 7.78. The van der Waals surface area contributed by atoms with Gasteiger partial charge in [-0.05, 0) is 38.1 Å². The normalized spacial score (nSPS) is 12.0. The zero-order chi connectivity index (χ0) is 17.8. The number of urea groups is 1. The summed E-state index contributed by atoms with van der Waals surface area (Å²) in [5, 5.41) is 2.68. The summed E-state index contributed by atoms with van der Waals surface area (Å²) in [4.78, 5) is 24.8. The van der Waals surface area contributed by atoms with Crippen molar-refractivity contribution in [3.8, 4) is 17.2 Å². The zero-order valence-electron chi connectivity index (χ0n) is 13.9. The number of anilines is 2. The number of imide groups is 1. The third kappa shape index (κ3) is 3.82. The van der Waals surface area contributed by atoms with Crippen LogP contribution < -0.4 is 24.4 Å². The smallest absolute Gasteiger partial charge is 0.332 e. The minimum atomic E-state index is -0.587. The van der Waals surface area contributed by atoms with Crippen LogP contribution in [0.1, 0.15) is 13.8 Å². The van der Waals surface area contributed by atoms with Crippen molar-refractivity contribution in [3.05, 3.63) is 42.5 Å². The predicted octanol–water partition coefficient (Wildman–Crippen LogP) is 3.40. The van der Waals surface area contributed by atoms with Crippen LogP contribution in [0.5, 0.6) is 17.2 Å². The van der Waals surface area contributed by atoms with E-state index < -0.39 is 6.03 Å². The summed E-state index contributed by atoms with van der Waals surface area (Å²) in [6.07, 6.45) is 0.465. The lowest BCUT2D eigenvalue weighted by atomic mass is 10.2. The van der Waals surface area contributed by atoms with Crippen LogP contribution in [0, 0.1) is 0 Å². The Morgan fingerprint density at radius 3 is 2.76 bits per heavy atom. The van der Waals surface area contributed by atoms with Crippen molar-refractivity contribution in [1.82, 2.24) is 0 Å². The molecule has 1 aliphatic rings. The van der Waals surface area contributed by atoms with Crippen molar-refractivity contribution in [2.45, 2.75) is 20.0 Å². The van der Waals surface area contributed by atoms with Gasteiger partial charge in [0.1, 0.15) is 5.75 Å². The fourth-order valence-corrected chi connectivity index (χ4v) is 2.36. The van der Waals surface area contributed by atoms with Gasteiger partial charge in [0, 0.05) is 17.8 Å². The highest BCUT2D eigenvalue weighted by Gasteiger charge is 2.20. The lowest BCUT2D eigenvalue weighted by Crippen LogP contribution is -2.33. The van der Waals surface area contributed by atoms with Crippen LogP contribution in [0.25, 0.3) is 0 Å². The number of ether oxygens (including phenoxy) is 3. The fourth-order valence-electron chi connectivity index (χ4n) is 2.36. The van der Waals surface area contributed by atoms with E-state index in [1.54, 1.807) is 42.5 Å². The van der Waals surface area contributed by atoms with Gasteiger partial charge in [0.05, 0.1) is 11.8 Å². The van der Waals surface area contributed by atoms with Gasteiger partial charge in [-0.2, -0.15) is 0 Å². The number of nitrogens with one attached hydrogen (secondary N) is 1. The topological polar surface area (TPSA) is 77.1 Å². The highest BCUT2D eigenvalue weighted by atomic mass is 16.7. The molecule has 7 heteroatoms. The van der Waals surface area contributed by atoms with Gasteiger partial charge < -0.3 is 19.5 Å². The van der Waals surface area contributed by atoms with Gasteiger partial charge in [-0.3, -0.25) is 4.79 Å². The molecular formula is C18H18N2O5. The zero-order valence-corrected chi connectivity index (χ0v) is 13.9. The van der Waals surface area contributed by atoms with Gasteiger partial charge in [0.15, 0.2) is 11.5 Å².